The van der Waals surface area contributed by atoms with E-state index >= 15 is 0 Å². The molecule has 1 aromatic rings. The predicted octanol–water partition coefficient (Wildman–Crippen LogP) is 1.35. The number of hydrogen-bond acceptors (Lipinski definition) is 4. The van der Waals surface area contributed by atoms with Gasteiger partial charge in [0.05, 0.1) is 0 Å². The van der Waals surface area contributed by atoms with Crippen LogP contribution in [0.25, 0.3) is 0 Å². The van der Waals surface area contributed by atoms with Crippen LogP contribution in [-0.2, 0) is 11.3 Å². The van der Waals surface area contributed by atoms with Crippen LogP contribution in [0, 0.1) is 0 Å². The van der Waals surface area contributed by atoms with Gasteiger partial charge in [0.15, 0.2) is 0 Å². The topological polar surface area (TPSA) is 66.6 Å². The predicted molar refractivity (Wildman–Crippen MR) is 64.0 cm³/mol. The molecule has 3 N–H and O–H groups in total. The molecule has 6 heteroatoms. The highest BCUT2D eigenvalue weighted by atomic mass is 79.9. The fourth-order valence-electron chi connectivity index (χ4n) is 1.18. The van der Waals surface area contributed by atoms with Gasteiger partial charge in [-0.25, -0.2) is 0 Å². The largest absolute Gasteiger partial charge is 0.480 e. The zero-order valence-electron chi connectivity index (χ0n) is 8.31. The summed E-state index contributed by atoms with van der Waals surface area (Å²) in [4.78, 5) is 13.6. The van der Waals surface area contributed by atoms with Crippen LogP contribution < -0.4 is 5.73 Å². The molecule has 4 nitrogen and oxygen atoms in total. The summed E-state index contributed by atoms with van der Waals surface area (Å²) in [6.45, 7) is 1.07. The number of carboxylic acids is 1. The first kappa shape index (κ1) is 12.6. The number of likely N-dealkylation sites (N-methyl/N-ethyl adjacent to an activating group) is 1. The van der Waals surface area contributed by atoms with E-state index in [1.165, 1.54) is 4.88 Å². The summed E-state index contributed by atoms with van der Waals surface area (Å²) in [5.41, 5.74) is 5.43. The quantitative estimate of drug-likeness (QED) is 0.860. The van der Waals surface area contributed by atoms with Crippen molar-refractivity contribution in [3.8, 4) is 0 Å². The fourth-order valence-corrected chi connectivity index (χ4v) is 2.71. The molecular weight excluding hydrogens is 280 g/mol. The third-order valence-corrected chi connectivity index (χ3v) is 3.56. The van der Waals surface area contributed by atoms with Crippen molar-refractivity contribution in [2.45, 2.75) is 12.6 Å². The summed E-state index contributed by atoms with van der Waals surface area (Å²) in [5.74, 6) is -0.964. The van der Waals surface area contributed by atoms with Gasteiger partial charge in [0.2, 0.25) is 0 Å². The standard InChI is InChI=1S/C9H13BrN2O2S/c1-12(4-8(11)9(13)14)3-7-2-6(10)5-15-7/h2,5,8H,3-4,11H2,1H3,(H,13,14). The minimum absolute atomic E-state index is 0.352. The molecule has 1 unspecified atom stereocenters. The van der Waals surface area contributed by atoms with Crippen molar-refractivity contribution in [2.24, 2.45) is 5.73 Å². The van der Waals surface area contributed by atoms with Crippen LogP contribution in [0.1, 0.15) is 4.88 Å². The molecule has 0 aliphatic heterocycles. The number of nitrogens with zero attached hydrogens (tertiary/aromatic N) is 1. The van der Waals surface area contributed by atoms with Crippen molar-refractivity contribution < 1.29 is 9.90 Å². The second kappa shape index (κ2) is 5.60. The second-order valence-electron chi connectivity index (χ2n) is 3.37. The lowest BCUT2D eigenvalue weighted by molar-refractivity contribution is -0.138. The maximum atomic E-state index is 10.5. The van der Waals surface area contributed by atoms with E-state index < -0.39 is 12.0 Å². The minimum Gasteiger partial charge on any atom is -0.480 e. The van der Waals surface area contributed by atoms with E-state index in [4.69, 9.17) is 10.8 Å². The Bertz CT molecular complexity index is 343. The SMILES string of the molecule is CN(Cc1cc(Br)cs1)CC(N)C(=O)O. The Labute approximate surface area is 101 Å². The molecule has 0 bridgehead atoms. The van der Waals surface area contributed by atoms with E-state index in [0.29, 0.717) is 6.54 Å². The first-order valence-electron chi connectivity index (χ1n) is 4.39. The summed E-state index contributed by atoms with van der Waals surface area (Å²) in [5, 5.41) is 10.6. The first-order valence-corrected chi connectivity index (χ1v) is 6.06. The number of halogens is 1. The van der Waals surface area contributed by atoms with Crippen molar-refractivity contribution in [3.63, 3.8) is 0 Å². The monoisotopic (exact) mass is 292 g/mol. The van der Waals surface area contributed by atoms with Gasteiger partial charge in [-0.2, -0.15) is 0 Å². The normalized spacial score (nSPS) is 13.1. The lowest BCUT2D eigenvalue weighted by atomic mass is 10.3. The maximum absolute atomic E-state index is 10.5. The number of carbonyl (C=O) groups is 1. The van der Waals surface area contributed by atoms with Gasteiger partial charge >= 0.3 is 5.97 Å². The number of thiophene rings is 1. The summed E-state index contributed by atoms with van der Waals surface area (Å²) in [6, 6.07) is 1.20. The van der Waals surface area contributed by atoms with Crippen LogP contribution in [0.4, 0.5) is 0 Å². The first-order chi connectivity index (χ1) is 6.99. The Balaban J connectivity index is 2.42. The van der Waals surface area contributed by atoms with Gasteiger partial charge in [-0.3, -0.25) is 9.69 Å². The van der Waals surface area contributed by atoms with Gasteiger partial charge in [0.1, 0.15) is 6.04 Å². The number of hydrogen-bond donors (Lipinski definition) is 2. The number of aliphatic carboxylic acids is 1. The lowest BCUT2D eigenvalue weighted by Crippen LogP contribution is -2.40. The highest BCUT2D eigenvalue weighted by Crippen LogP contribution is 2.20. The van der Waals surface area contributed by atoms with Crippen LogP contribution in [-0.4, -0.2) is 35.6 Å². The summed E-state index contributed by atoms with van der Waals surface area (Å²) < 4.78 is 1.05. The van der Waals surface area contributed by atoms with Crippen molar-refractivity contribution in [3.05, 3.63) is 20.8 Å². The second-order valence-corrected chi connectivity index (χ2v) is 5.28. The maximum Gasteiger partial charge on any atom is 0.321 e. The number of nitrogens with two attached hydrogens (primary N) is 1. The molecule has 0 aliphatic rings. The van der Waals surface area contributed by atoms with Crippen molar-refractivity contribution >= 4 is 33.2 Å². The van der Waals surface area contributed by atoms with Gasteiger partial charge in [0, 0.05) is 27.8 Å². The van der Waals surface area contributed by atoms with Crippen LogP contribution in [0.15, 0.2) is 15.9 Å². The molecule has 1 aromatic heterocycles. The minimum atomic E-state index is -0.964. The smallest absolute Gasteiger partial charge is 0.321 e. The van der Waals surface area contributed by atoms with Gasteiger partial charge in [0.25, 0.3) is 0 Å². The Morgan fingerprint density at radius 1 is 1.80 bits per heavy atom. The van der Waals surface area contributed by atoms with E-state index in [1.54, 1.807) is 11.3 Å². The molecule has 1 atom stereocenters. The van der Waals surface area contributed by atoms with Gasteiger partial charge in [-0.15, -0.1) is 11.3 Å². The van der Waals surface area contributed by atoms with E-state index in [1.807, 2.05) is 23.4 Å². The molecule has 0 spiro atoms. The van der Waals surface area contributed by atoms with E-state index in [-0.39, 0.29) is 0 Å². The molecule has 0 fully saturated rings. The Morgan fingerprint density at radius 3 is 2.93 bits per heavy atom. The summed E-state index contributed by atoms with van der Waals surface area (Å²) in [6.07, 6.45) is 0. The zero-order valence-corrected chi connectivity index (χ0v) is 10.7. The molecule has 0 radical (unpaired) electrons. The highest BCUT2D eigenvalue weighted by Gasteiger charge is 2.14. The third-order valence-electron chi connectivity index (χ3n) is 1.87. The van der Waals surface area contributed by atoms with E-state index in [2.05, 4.69) is 15.9 Å². The molecular formula is C9H13BrN2O2S. The Hall–Kier alpha value is -0.430. The Morgan fingerprint density at radius 2 is 2.47 bits per heavy atom. The number of rotatable bonds is 5. The number of carboxylic acid groups (broad SMARTS) is 1. The molecule has 0 aromatic carbocycles. The van der Waals surface area contributed by atoms with Crippen LogP contribution in [0.3, 0.4) is 0 Å². The molecule has 0 saturated heterocycles. The van der Waals surface area contributed by atoms with Crippen LogP contribution in [0.2, 0.25) is 0 Å². The Kier molecular flexibility index (Phi) is 4.72. The van der Waals surface area contributed by atoms with E-state index in [9.17, 15) is 4.79 Å². The fraction of sp³-hybridized carbons (Fsp3) is 0.444. The van der Waals surface area contributed by atoms with Gasteiger partial charge in [-0.1, -0.05) is 0 Å². The van der Waals surface area contributed by atoms with E-state index in [0.717, 1.165) is 11.0 Å². The third kappa shape index (κ3) is 4.29. The van der Waals surface area contributed by atoms with Crippen LogP contribution in [0.5, 0.6) is 0 Å². The summed E-state index contributed by atoms with van der Waals surface area (Å²) >= 11 is 5.01. The average molecular weight is 293 g/mol. The van der Waals surface area contributed by atoms with Crippen molar-refractivity contribution in [2.75, 3.05) is 13.6 Å². The lowest BCUT2D eigenvalue weighted by Gasteiger charge is -2.17. The zero-order chi connectivity index (χ0) is 11.4. The average Bonchev–Trinajstić information content (AvgIpc) is 2.50. The molecule has 84 valence electrons. The molecule has 0 aliphatic carbocycles. The molecule has 1 heterocycles. The molecule has 0 saturated carbocycles. The van der Waals surface area contributed by atoms with Crippen molar-refractivity contribution in [1.82, 2.24) is 4.90 Å². The van der Waals surface area contributed by atoms with Gasteiger partial charge in [-0.05, 0) is 29.0 Å². The summed E-state index contributed by atoms with van der Waals surface area (Å²) in [7, 11) is 1.86. The van der Waals surface area contributed by atoms with Crippen LogP contribution >= 0.6 is 27.3 Å². The highest BCUT2D eigenvalue weighted by molar-refractivity contribution is 9.10. The molecule has 0 amide bonds. The van der Waals surface area contributed by atoms with Gasteiger partial charge < -0.3 is 10.8 Å². The molecule has 15 heavy (non-hydrogen) atoms. The van der Waals surface area contributed by atoms with Crippen molar-refractivity contribution in [1.29, 1.82) is 0 Å². The molecule has 1 rings (SSSR count).